The van der Waals surface area contributed by atoms with Gasteiger partial charge >= 0.3 is 6.36 Å². The van der Waals surface area contributed by atoms with Crippen molar-refractivity contribution in [3.8, 4) is 5.75 Å². The van der Waals surface area contributed by atoms with E-state index in [0.29, 0.717) is 24.8 Å². The van der Waals surface area contributed by atoms with Crippen LogP contribution in [0.25, 0.3) is 0 Å². The van der Waals surface area contributed by atoms with Crippen molar-refractivity contribution in [1.82, 2.24) is 10.2 Å². The van der Waals surface area contributed by atoms with E-state index in [2.05, 4.69) is 10.1 Å². The maximum atomic E-state index is 13.8. The van der Waals surface area contributed by atoms with E-state index in [1.807, 2.05) is 35.2 Å². The van der Waals surface area contributed by atoms with Crippen LogP contribution in [0.1, 0.15) is 49.7 Å². The quantitative estimate of drug-likeness (QED) is 0.604. The summed E-state index contributed by atoms with van der Waals surface area (Å²) in [5, 5.41) is 3.02. The second-order valence-electron chi connectivity index (χ2n) is 10.2. The topological polar surface area (TPSA) is 84.7 Å². The predicted octanol–water partition coefficient (Wildman–Crippen LogP) is 3.83. The zero-order valence-electron chi connectivity index (χ0n) is 19.8. The van der Waals surface area contributed by atoms with E-state index >= 15 is 0 Å². The lowest BCUT2D eigenvalue weighted by molar-refractivity contribution is -0.274. The number of nitrogens with one attached hydrogen (secondary N) is 1. The molecule has 3 N–H and O–H groups in total. The van der Waals surface area contributed by atoms with Crippen LogP contribution in [0.4, 0.5) is 13.2 Å². The van der Waals surface area contributed by atoms with Gasteiger partial charge in [-0.2, -0.15) is 0 Å². The Bertz CT molecular complexity index is 1090. The smallest absolute Gasteiger partial charge is 0.406 e. The monoisotopic (exact) mass is 501 g/mol. The zero-order valence-corrected chi connectivity index (χ0v) is 19.8. The number of carbonyl (C=O) groups excluding carboxylic acids is 2. The lowest BCUT2D eigenvalue weighted by Crippen LogP contribution is -2.58. The third kappa shape index (κ3) is 5.07. The third-order valence-corrected chi connectivity index (χ3v) is 7.74. The molecule has 5 rings (SSSR count). The standard InChI is InChI=1S/C27H30F3N3O3/c28-27(29,30)36-22-10-6-18(7-11-22)26(12-13-26)25(35)32-23(14-17-4-2-1-3-5-17)24(34)33-20-8-9-21(33)16-19(31)15-20/h1-7,10-11,19-21,23H,8-9,12-16,31H2,(H,32,35)/t19?,20?,21?,23-/m0/s1. The zero-order chi connectivity index (χ0) is 25.5. The molecule has 1 saturated carbocycles. The highest BCUT2D eigenvalue weighted by Gasteiger charge is 2.53. The molecule has 192 valence electrons. The minimum Gasteiger partial charge on any atom is -0.406 e. The van der Waals surface area contributed by atoms with Gasteiger partial charge in [-0.05, 0) is 61.8 Å². The molecule has 2 heterocycles. The summed E-state index contributed by atoms with van der Waals surface area (Å²) in [4.78, 5) is 29.3. The number of ether oxygens (including phenoxy) is 1. The number of halogens is 3. The van der Waals surface area contributed by atoms with Gasteiger partial charge in [0.1, 0.15) is 11.8 Å². The van der Waals surface area contributed by atoms with E-state index in [9.17, 15) is 22.8 Å². The van der Waals surface area contributed by atoms with Gasteiger partial charge < -0.3 is 20.7 Å². The highest BCUT2D eigenvalue weighted by Crippen LogP contribution is 2.49. The van der Waals surface area contributed by atoms with Crippen molar-refractivity contribution in [2.45, 2.75) is 80.9 Å². The molecule has 1 aliphatic carbocycles. The molecule has 2 unspecified atom stereocenters. The summed E-state index contributed by atoms with van der Waals surface area (Å²) in [5.74, 6) is -0.697. The fourth-order valence-corrected chi connectivity index (χ4v) is 5.85. The van der Waals surface area contributed by atoms with Crippen LogP contribution < -0.4 is 15.8 Å². The number of fused-ring (bicyclic) bond motifs is 2. The molecule has 3 aliphatic rings. The van der Waals surface area contributed by atoms with Crippen molar-refractivity contribution < 1.29 is 27.5 Å². The van der Waals surface area contributed by atoms with Crippen molar-refractivity contribution in [2.24, 2.45) is 5.73 Å². The minimum atomic E-state index is -4.78. The molecule has 0 radical (unpaired) electrons. The number of alkyl halides is 3. The molecular formula is C27H30F3N3O3. The van der Waals surface area contributed by atoms with Gasteiger partial charge in [-0.3, -0.25) is 9.59 Å². The first-order valence-corrected chi connectivity index (χ1v) is 12.4. The summed E-state index contributed by atoms with van der Waals surface area (Å²) in [6.07, 6.45) is 0.0946. The number of nitrogens with two attached hydrogens (primary N) is 1. The lowest BCUT2D eigenvalue weighted by Gasteiger charge is -2.40. The van der Waals surface area contributed by atoms with E-state index in [4.69, 9.17) is 5.73 Å². The first-order valence-electron chi connectivity index (χ1n) is 12.4. The number of hydrogen-bond acceptors (Lipinski definition) is 4. The van der Waals surface area contributed by atoms with Crippen LogP contribution in [0, 0.1) is 0 Å². The van der Waals surface area contributed by atoms with Gasteiger partial charge in [-0.1, -0.05) is 42.5 Å². The van der Waals surface area contributed by atoms with E-state index in [1.165, 1.54) is 24.3 Å². The Kier molecular flexibility index (Phi) is 6.44. The Morgan fingerprint density at radius 1 is 1.03 bits per heavy atom. The summed E-state index contributed by atoms with van der Waals surface area (Å²) < 4.78 is 41.5. The van der Waals surface area contributed by atoms with E-state index in [0.717, 1.165) is 31.2 Å². The van der Waals surface area contributed by atoms with E-state index < -0.39 is 17.8 Å². The van der Waals surface area contributed by atoms with E-state index in [-0.39, 0.29) is 35.7 Å². The summed E-state index contributed by atoms with van der Waals surface area (Å²) in [6.45, 7) is 0. The SMILES string of the molecule is NC1CC2CCC(C1)N2C(=O)[C@H](Cc1ccccc1)NC(=O)C1(c2ccc(OC(F)(F)F)cc2)CC1. The molecule has 36 heavy (non-hydrogen) atoms. The van der Waals surface area contributed by atoms with Crippen LogP contribution in [-0.2, 0) is 21.4 Å². The molecule has 3 atom stereocenters. The summed E-state index contributed by atoms with van der Waals surface area (Å²) in [7, 11) is 0. The van der Waals surface area contributed by atoms with Crippen molar-refractivity contribution >= 4 is 11.8 Å². The van der Waals surface area contributed by atoms with Crippen LogP contribution in [0.3, 0.4) is 0 Å². The van der Waals surface area contributed by atoms with E-state index in [1.54, 1.807) is 0 Å². The average Bonchev–Trinajstić information content (AvgIpc) is 3.59. The summed E-state index contributed by atoms with van der Waals surface area (Å²) in [6, 6.07) is 14.5. The molecule has 2 amide bonds. The first-order chi connectivity index (χ1) is 17.1. The largest absolute Gasteiger partial charge is 0.573 e. The van der Waals surface area contributed by atoms with Crippen LogP contribution in [0.15, 0.2) is 54.6 Å². The number of hydrogen-bond donors (Lipinski definition) is 2. The number of carbonyl (C=O) groups is 2. The van der Waals surface area contributed by atoms with Crippen molar-refractivity contribution in [2.75, 3.05) is 0 Å². The maximum Gasteiger partial charge on any atom is 0.573 e. The number of benzene rings is 2. The van der Waals surface area contributed by atoms with Crippen LogP contribution >= 0.6 is 0 Å². The molecule has 2 aliphatic heterocycles. The Hall–Kier alpha value is -3.07. The molecular weight excluding hydrogens is 471 g/mol. The molecule has 2 aromatic rings. The fraction of sp³-hybridized carbons (Fsp3) is 0.481. The van der Waals surface area contributed by atoms with Crippen molar-refractivity contribution in [3.05, 3.63) is 65.7 Å². The molecule has 2 aromatic carbocycles. The molecule has 0 spiro atoms. The minimum absolute atomic E-state index is 0.0867. The van der Waals surface area contributed by atoms with Gasteiger partial charge in [0.25, 0.3) is 0 Å². The fourth-order valence-electron chi connectivity index (χ4n) is 5.85. The highest BCUT2D eigenvalue weighted by atomic mass is 19.4. The number of piperidine rings is 1. The Labute approximate surface area is 208 Å². The molecule has 6 nitrogen and oxygen atoms in total. The van der Waals surface area contributed by atoms with Gasteiger partial charge in [0.2, 0.25) is 11.8 Å². The van der Waals surface area contributed by atoms with Crippen molar-refractivity contribution in [3.63, 3.8) is 0 Å². The molecule has 2 saturated heterocycles. The predicted molar refractivity (Wildman–Crippen MR) is 127 cm³/mol. The van der Waals surface area contributed by atoms with Crippen LogP contribution in [-0.4, -0.2) is 47.2 Å². The molecule has 0 aromatic heterocycles. The highest BCUT2D eigenvalue weighted by molar-refractivity contribution is 5.95. The Morgan fingerprint density at radius 3 is 2.19 bits per heavy atom. The average molecular weight is 502 g/mol. The Balaban J connectivity index is 1.35. The second kappa shape index (κ2) is 9.42. The lowest BCUT2D eigenvalue weighted by atomic mass is 9.93. The summed E-state index contributed by atoms with van der Waals surface area (Å²) >= 11 is 0. The van der Waals surface area contributed by atoms with Crippen molar-refractivity contribution in [1.29, 1.82) is 0 Å². The van der Waals surface area contributed by atoms with Gasteiger partial charge in [-0.25, -0.2) is 0 Å². The van der Waals surface area contributed by atoms with Gasteiger partial charge in [0, 0.05) is 24.5 Å². The third-order valence-electron chi connectivity index (χ3n) is 7.74. The van der Waals surface area contributed by atoms with Gasteiger partial charge in [0.15, 0.2) is 0 Å². The number of rotatable bonds is 7. The summed E-state index contributed by atoms with van der Waals surface area (Å²) in [5.41, 5.74) is 6.90. The first kappa shape index (κ1) is 24.6. The van der Waals surface area contributed by atoms with Gasteiger partial charge in [-0.15, -0.1) is 13.2 Å². The van der Waals surface area contributed by atoms with Crippen LogP contribution in [0.2, 0.25) is 0 Å². The molecule has 9 heteroatoms. The number of amides is 2. The van der Waals surface area contributed by atoms with Gasteiger partial charge in [0.05, 0.1) is 5.41 Å². The normalized spacial score (nSPS) is 25.2. The number of nitrogens with zero attached hydrogens (tertiary/aromatic N) is 1. The maximum absolute atomic E-state index is 13.8. The second-order valence-corrected chi connectivity index (χ2v) is 10.2. The molecule has 2 bridgehead atoms. The molecule has 3 fully saturated rings. The Morgan fingerprint density at radius 2 is 1.64 bits per heavy atom. The van der Waals surface area contributed by atoms with Crippen LogP contribution in [0.5, 0.6) is 5.75 Å².